The second-order valence-electron chi connectivity index (χ2n) is 9.99. The molecule has 2 aromatic carbocycles. The van der Waals surface area contributed by atoms with E-state index < -0.39 is 6.04 Å². The molecule has 0 spiro atoms. The first-order valence-corrected chi connectivity index (χ1v) is 13.5. The van der Waals surface area contributed by atoms with E-state index in [0.717, 1.165) is 36.8 Å². The molecule has 12 nitrogen and oxygen atoms in total. The van der Waals surface area contributed by atoms with Gasteiger partial charge in [-0.1, -0.05) is 18.9 Å². The number of methoxy groups -OCH3 is 1. The standard InChI is InChI=1S/C29H30N6O6/c1-38-22-11-9-20(10-12-22)28-31-33-35(32-28)17-26(36)34(16-19-8-13-23-25(15-19)41-18-40-23)27(24-7-4-14-39-24)29(37)30-21-5-2-3-6-21/h4,7-15,21,27H,2-3,5-6,16-18H2,1H3,(H,30,37)/t27-/m1/s1. The van der Waals surface area contributed by atoms with E-state index in [2.05, 4.69) is 20.7 Å². The maximum absolute atomic E-state index is 14.0. The molecule has 2 amide bonds. The summed E-state index contributed by atoms with van der Waals surface area (Å²) >= 11 is 0. The van der Waals surface area contributed by atoms with Gasteiger partial charge in [-0.05, 0) is 72.1 Å². The number of rotatable bonds is 10. The predicted molar refractivity (Wildman–Crippen MR) is 145 cm³/mol. The van der Waals surface area contributed by atoms with Crippen LogP contribution in [0.1, 0.15) is 43.0 Å². The molecule has 212 valence electrons. The lowest BCUT2D eigenvalue weighted by atomic mass is 10.1. The second kappa shape index (κ2) is 11.7. The van der Waals surface area contributed by atoms with Gasteiger partial charge in [0.05, 0.1) is 13.4 Å². The van der Waals surface area contributed by atoms with Crippen LogP contribution in [0.25, 0.3) is 11.4 Å². The first-order valence-electron chi connectivity index (χ1n) is 13.5. The van der Waals surface area contributed by atoms with Gasteiger partial charge in [-0.3, -0.25) is 9.59 Å². The number of hydrogen-bond donors (Lipinski definition) is 1. The number of hydrogen-bond acceptors (Lipinski definition) is 9. The quantitative estimate of drug-likeness (QED) is 0.310. The number of carbonyl (C=O) groups excluding carboxylic acids is 2. The van der Waals surface area contributed by atoms with Crippen molar-refractivity contribution >= 4 is 11.8 Å². The van der Waals surface area contributed by atoms with E-state index in [1.54, 1.807) is 37.4 Å². The highest BCUT2D eigenvalue weighted by molar-refractivity contribution is 5.88. The Bertz CT molecular complexity index is 1500. The SMILES string of the molecule is COc1ccc(-c2nnn(CC(=O)N(Cc3ccc4c(c3)OCO4)[C@@H](C(=O)NC3CCCC3)c3ccco3)n2)cc1. The minimum Gasteiger partial charge on any atom is -0.497 e. The Hall–Kier alpha value is -4.87. The lowest BCUT2D eigenvalue weighted by Gasteiger charge is -2.30. The number of ether oxygens (including phenoxy) is 3. The van der Waals surface area contributed by atoms with Gasteiger partial charge < -0.3 is 28.8 Å². The monoisotopic (exact) mass is 558 g/mol. The summed E-state index contributed by atoms with van der Waals surface area (Å²) in [6.07, 6.45) is 5.43. The zero-order valence-corrected chi connectivity index (χ0v) is 22.6. The normalized spacial score (nSPS) is 15.0. The minimum absolute atomic E-state index is 0.0616. The molecule has 1 saturated carbocycles. The van der Waals surface area contributed by atoms with Crippen molar-refractivity contribution in [1.82, 2.24) is 30.4 Å². The maximum Gasteiger partial charge on any atom is 0.250 e. The molecule has 4 aromatic rings. The summed E-state index contributed by atoms with van der Waals surface area (Å²) in [7, 11) is 1.59. The Morgan fingerprint density at radius 3 is 2.66 bits per heavy atom. The van der Waals surface area contributed by atoms with E-state index in [4.69, 9.17) is 18.6 Å². The van der Waals surface area contributed by atoms with Crippen LogP contribution in [0.3, 0.4) is 0 Å². The fraction of sp³-hybridized carbons (Fsp3) is 0.345. The summed E-state index contributed by atoms with van der Waals surface area (Å²) in [5.74, 6) is 1.96. The molecule has 1 atom stereocenters. The Balaban J connectivity index is 1.29. The third-order valence-corrected chi connectivity index (χ3v) is 7.26. The van der Waals surface area contributed by atoms with Crippen LogP contribution in [-0.4, -0.2) is 56.9 Å². The van der Waals surface area contributed by atoms with Crippen LogP contribution in [0.15, 0.2) is 65.3 Å². The third-order valence-electron chi connectivity index (χ3n) is 7.26. The highest BCUT2D eigenvalue weighted by Gasteiger charge is 2.35. The number of benzene rings is 2. The molecular formula is C29H30N6O6. The van der Waals surface area contributed by atoms with Gasteiger partial charge in [0.25, 0.3) is 5.91 Å². The average Bonchev–Trinajstić information content (AvgIpc) is 3.81. The average molecular weight is 559 g/mol. The summed E-state index contributed by atoms with van der Waals surface area (Å²) in [6, 6.07) is 15.1. The first-order chi connectivity index (χ1) is 20.1. The molecule has 0 radical (unpaired) electrons. The van der Waals surface area contributed by atoms with Gasteiger partial charge in [-0.2, -0.15) is 4.80 Å². The van der Waals surface area contributed by atoms with Crippen LogP contribution < -0.4 is 19.5 Å². The fourth-order valence-corrected chi connectivity index (χ4v) is 5.16. The summed E-state index contributed by atoms with van der Waals surface area (Å²) in [5, 5.41) is 15.8. The van der Waals surface area contributed by atoms with Gasteiger partial charge in [0.2, 0.25) is 18.5 Å². The number of furan rings is 1. The Labute approximate surface area is 236 Å². The van der Waals surface area contributed by atoms with Crippen molar-refractivity contribution in [2.75, 3.05) is 13.9 Å². The lowest BCUT2D eigenvalue weighted by molar-refractivity contribution is -0.143. The number of nitrogens with one attached hydrogen (secondary N) is 1. The van der Waals surface area contributed by atoms with Crippen molar-refractivity contribution in [2.45, 2.75) is 50.9 Å². The predicted octanol–water partition coefficient (Wildman–Crippen LogP) is 3.50. The highest BCUT2D eigenvalue weighted by atomic mass is 16.7. The van der Waals surface area contributed by atoms with Crippen molar-refractivity contribution in [3.05, 3.63) is 72.2 Å². The van der Waals surface area contributed by atoms with Crippen LogP contribution >= 0.6 is 0 Å². The van der Waals surface area contributed by atoms with Crippen LogP contribution in [0.2, 0.25) is 0 Å². The number of amides is 2. The summed E-state index contributed by atoms with van der Waals surface area (Å²) in [6.45, 7) is 0.00925. The molecule has 0 saturated heterocycles. The van der Waals surface area contributed by atoms with Gasteiger partial charge in [-0.15, -0.1) is 10.2 Å². The molecular weight excluding hydrogens is 528 g/mol. The van der Waals surface area contributed by atoms with E-state index in [9.17, 15) is 9.59 Å². The van der Waals surface area contributed by atoms with Crippen LogP contribution in [0.4, 0.5) is 0 Å². The van der Waals surface area contributed by atoms with Crippen molar-refractivity contribution in [3.63, 3.8) is 0 Å². The number of aromatic nitrogens is 4. The minimum atomic E-state index is -1.01. The zero-order valence-electron chi connectivity index (χ0n) is 22.6. The van der Waals surface area contributed by atoms with E-state index >= 15 is 0 Å². The van der Waals surface area contributed by atoms with Gasteiger partial charge in [0.1, 0.15) is 18.1 Å². The molecule has 1 aliphatic carbocycles. The molecule has 1 N–H and O–H groups in total. The fourth-order valence-electron chi connectivity index (χ4n) is 5.16. The van der Waals surface area contributed by atoms with Crippen molar-refractivity contribution in [3.8, 4) is 28.6 Å². The molecule has 3 heterocycles. The second-order valence-corrected chi connectivity index (χ2v) is 9.99. The molecule has 12 heteroatoms. The van der Waals surface area contributed by atoms with E-state index in [1.165, 1.54) is 16.0 Å². The molecule has 6 rings (SSSR count). The lowest BCUT2D eigenvalue weighted by Crippen LogP contribution is -2.46. The van der Waals surface area contributed by atoms with Gasteiger partial charge in [-0.25, -0.2) is 0 Å². The van der Waals surface area contributed by atoms with E-state index in [0.29, 0.717) is 28.8 Å². The summed E-state index contributed by atoms with van der Waals surface area (Å²) < 4.78 is 21.9. The number of nitrogens with zero attached hydrogens (tertiary/aromatic N) is 5. The summed E-state index contributed by atoms with van der Waals surface area (Å²) in [5.41, 5.74) is 1.49. The van der Waals surface area contributed by atoms with Crippen molar-refractivity contribution < 1.29 is 28.2 Å². The molecule has 1 aliphatic heterocycles. The first kappa shape index (κ1) is 26.4. The molecule has 41 heavy (non-hydrogen) atoms. The van der Waals surface area contributed by atoms with Crippen molar-refractivity contribution in [1.29, 1.82) is 0 Å². The highest BCUT2D eigenvalue weighted by Crippen LogP contribution is 2.34. The Morgan fingerprint density at radius 1 is 1.10 bits per heavy atom. The Morgan fingerprint density at radius 2 is 1.90 bits per heavy atom. The van der Waals surface area contributed by atoms with Crippen molar-refractivity contribution in [2.24, 2.45) is 0 Å². The van der Waals surface area contributed by atoms with E-state index in [1.807, 2.05) is 24.3 Å². The van der Waals surface area contributed by atoms with Gasteiger partial charge in [0.15, 0.2) is 17.5 Å². The number of tetrazole rings is 1. The topological polar surface area (TPSA) is 134 Å². The molecule has 0 unspecified atom stereocenters. The largest absolute Gasteiger partial charge is 0.497 e. The van der Waals surface area contributed by atoms with Crippen LogP contribution in [-0.2, 0) is 22.7 Å². The van der Waals surface area contributed by atoms with E-state index in [-0.39, 0.29) is 37.7 Å². The van der Waals surface area contributed by atoms with Gasteiger partial charge >= 0.3 is 0 Å². The summed E-state index contributed by atoms with van der Waals surface area (Å²) in [4.78, 5) is 30.4. The smallest absolute Gasteiger partial charge is 0.250 e. The number of fused-ring (bicyclic) bond motifs is 1. The van der Waals surface area contributed by atoms with Crippen LogP contribution in [0.5, 0.6) is 17.2 Å². The zero-order chi connectivity index (χ0) is 28.2. The Kier molecular flexibility index (Phi) is 7.52. The maximum atomic E-state index is 14.0. The van der Waals surface area contributed by atoms with Gasteiger partial charge in [0, 0.05) is 18.2 Å². The van der Waals surface area contributed by atoms with Crippen LogP contribution in [0, 0.1) is 0 Å². The molecule has 2 aliphatic rings. The molecule has 2 aromatic heterocycles. The molecule has 1 fully saturated rings. The number of carbonyl (C=O) groups is 2. The molecule has 0 bridgehead atoms. The third kappa shape index (κ3) is 5.86.